The molecule has 1 aliphatic rings. The Morgan fingerprint density at radius 3 is 2.78 bits per heavy atom. The largest absolute Gasteiger partial charge is 0.345 e. The van der Waals surface area contributed by atoms with Crippen LogP contribution in [0.3, 0.4) is 0 Å². The van der Waals surface area contributed by atoms with E-state index in [2.05, 4.69) is 20.0 Å². The summed E-state index contributed by atoms with van der Waals surface area (Å²) in [6.07, 6.45) is 1.82. The number of amides is 1. The normalized spacial score (nSPS) is 14.6. The molecular weight excluding hydrogens is 382 g/mol. The molecule has 0 aliphatic carbocycles. The standard InChI is InChI=1S/C18H19N5O2S2/c1-13-20-16(21-25-13)12-27-15-5-3-2-4-14(15)17(24)22-7-9-23(10-8-22)18-19-6-11-26-18/h2-6,11H,7-10,12H2,1H3. The monoisotopic (exact) mass is 401 g/mol. The highest BCUT2D eigenvalue weighted by Gasteiger charge is 2.24. The number of thioether (sulfide) groups is 1. The molecule has 1 aliphatic heterocycles. The summed E-state index contributed by atoms with van der Waals surface area (Å²) in [5.41, 5.74) is 0.727. The van der Waals surface area contributed by atoms with Crippen molar-refractivity contribution in [2.45, 2.75) is 17.6 Å². The lowest BCUT2D eigenvalue weighted by Gasteiger charge is -2.34. The molecule has 1 amide bonds. The van der Waals surface area contributed by atoms with Gasteiger partial charge in [-0.3, -0.25) is 4.79 Å². The summed E-state index contributed by atoms with van der Waals surface area (Å²) in [7, 11) is 0. The third-order valence-corrected chi connectivity index (χ3v) is 6.20. The second-order valence-electron chi connectivity index (χ2n) is 6.11. The van der Waals surface area contributed by atoms with E-state index in [4.69, 9.17) is 4.52 Å². The summed E-state index contributed by atoms with van der Waals surface area (Å²) in [4.78, 5) is 26.7. The lowest BCUT2D eigenvalue weighted by atomic mass is 10.2. The van der Waals surface area contributed by atoms with Crippen LogP contribution < -0.4 is 4.90 Å². The average Bonchev–Trinajstić information content (AvgIpc) is 3.38. The minimum Gasteiger partial charge on any atom is -0.345 e. The first-order valence-electron chi connectivity index (χ1n) is 8.65. The predicted molar refractivity (Wildman–Crippen MR) is 105 cm³/mol. The molecular formula is C18H19N5O2S2. The molecule has 140 valence electrons. The zero-order valence-electron chi connectivity index (χ0n) is 14.9. The Balaban J connectivity index is 1.41. The van der Waals surface area contributed by atoms with Gasteiger partial charge in [0, 0.05) is 49.6 Å². The Bertz CT molecular complexity index is 904. The molecule has 9 heteroatoms. The van der Waals surface area contributed by atoms with E-state index in [-0.39, 0.29) is 5.91 Å². The molecule has 1 saturated heterocycles. The van der Waals surface area contributed by atoms with Crippen LogP contribution in [0, 0.1) is 6.92 Å². The highest BCUT2D eigenvalue weighted by Crippen LogP contribution is 2.27. The molecule has 7 nitrogen and oxygen atoms in total. The van der Waals surface area contributed by atoms with Crippen LogP contribution in [0.5, 0.6) is 0 Å². The number of hydrogen-bond donors (Lipinski definition) is 0. The average molecular weight is 402 g/mol. The molecule has 0 radical (unpaired) electrons. The summed E-state index contributed by atoms with van der Waals surface area (Å²) in [5, 5.41) is 6.91. The van der Waals surface area contributed by atoms with Gasteiger partial charge in [0.25, 0.3) is 5.91 Å². The maximum atomic E-state index is 13.1. The third-order valence-electron chi connectivity index (χ3n) is 4.30. The van der Waals surface area contributed by atoms with Crippen molar-refractivity contribution < 1.29 is 9.32 Å². The molecule has 1 aromatic carbocycles. The van der Waals surface area contributed by atoms with Crippen LogP contribution in [-0.4, -0.2) is 52.1 Å². The van der Waals surface area contributed by atoms with Crippen LogP contribution in [0.25, 0.3) is 0 Å². The van der Waals surface area contributed by atoms with Gasteiger partial charge in [0.1, 0.15) is 0 Å². The molecule has 0 atom stereocenters. The van der Waals surface area contributed by atoms with Crippen molar-refractivity contribution in [2.24, 2.45) is 0 Å². The lowest BCUT2D eigenvalue weighted by Crippen LogP contribution is -2.48. The molecule has 0 unspecified atom stereocenters. The minimum absolute atomic E-state index is 0.0705. The second-order valence-corrected chi connectivity index (χ2v) is 8.00. The smallest absolute Gasteiger partial charge is 0.255 e. The van der Waals surface area contributed by atoms with E-state index >= 15 is 0 Å². The predicted octanol–water partition coefficient (Wildman–Crippen LogP) is 3.09. The van der Waals surface area contributed by atoms with Gasteiger partial charge in [0.15, 0.2) is 11.0 Å². The van der Waals surface area contributed by atoms with Gasteiger partial charge in [-0.1, -0.05) is 17.3 Å². The topological polar surface area (TPSA) is 75.4 Å². The first-order valence-corrected chi connectivity index (χ1v) is 10.5. The zero-order valence-corrected chi connectivity index (χ0v) is 16.5. The Kier molecular flexibility index (Phi) is 5.40. The number of hydrogen-bond acceptors (Lipinski definition) is 8. The molecule has 2 aromatic heterocycles. The quantitative estimate of drug-likeness (QED) is 0.608. The fraction of sp³-hybridized carbons (Fsp3) is 0.333. The number of aromatic nitrogens is 3. The number of aryl methyl sites for hydroxylation is 1. The molecule has 3 heterocycles. The van der Waals surface area contributed by atoms with Gasteiger partial charge < -0.3 is 14.3 Å². The number of carbonyl (C=O) groups excluding carboxylic acids is 1. The van der Waals surface area contributed by atoms with Crippen LogP contribution >= 0.6 is 23.1 Å². The first-order chi connectivity index (χ1) is 13.2. The van der Waals surface area contributed by atoms with Crippen molar-refractivity contribution in [1.82, 2.24) is 20.0 Å². The van der Waals surface area contributed by atoms with E-state index in [0.717, 1.165) is 28.7 Å². The van der Waals surface area contributed by atoms with Crippen LogP contribution in [-0.2, 0) is 5.75 Å². The number of piperazine rings is 1. The van der Waals surface area contributed by atoms with Gasteiger partial charge in [-0.25, -0.2) is 4.98 Å². The fourth-order valence-electron chi connectivity index (χ4n) is 2.95. The number of nitrogens with zero attached hydrogens (tertiary/aromatic N) is 5. The van der Waals surface area contributed by atoms with Crippen molar-refractivity contribution in [1.29, 1.82) is 0 Å². The molecule has 0 N–H and O–H groups in total. The second kappa shape index (κ2) is 8.10. The number of rotatable bonds is 5. The molecule has 0 bridgehead atoms. The van der Waals surface area contributed by atoms with E-state index in [1.807, 2.05) is 40.7 Å². The number of anilines is 1. The van der Waals surface area contributed by atoms with Gasteiger partial charge in [-0.15, -0.1) is 23.1 Å². The molecule has 1 fully saturated rings. The van der Waals surface area contributed by atoms with E-state index in [1.54, 1.807) is 30.0 Å². The van der Waals surface area contributed by atoms with Crippen molar-refractivity contribution in [3.8, 4) is 0 Å². The number of carbonyl (C=O) groups is 1. The first kappa shape index (κ1) is 18.0. The molecule has 27 heavy (non-hydrogen) atoms. The van der Waals surface area contributed by atoms with Gasteiger partial charge >= 0.3 is 0 Å². The van der Waals surface area contributed by atoms with Gasteiger partial charge in [0.2, 0.25) is 5.89 Å². The summed E-state index contributed by atoms with van der Waals surface area (Å²) in [6, 6.07) is 7.71. The number of thiazole rings is 1. The van der Waals surface area contributed by atoms with Crippen molar-refractivity contribution in [3.63, 3.8) is 0 Å². The van der Waals surface area contributed by atoms with Crippen molar-refractivity contribution in [2.75, 3.05) is 31.1 Å². The van der Waals surface area contributed by atoms with E-state index in [0.29, 0.717) is 30.6 Å². The van der Waals surface area contributed by atoms with E-state index in [1.165, 1.54) is 0 Å². The van der Waals surface area contributed by atoms with E-state index in [9.17, 15) is 4.79 Å². The van der Waals surface area contributed by atoms with Crippen LogP contribution in [0.1, 0.15) is 22.1 Å². The third kappa shape index (κ3) is 4.14. The van der Waals surface area contributed by atoms with Gasteiger partial charge in [-0.05, 0) is 12.1 Å². The van der Waals surface area contributed by atoms with Crippen LogP contribution in [0.4, 0.5) is 5.13 Å². The minimum atomic E-state index is 0.0705. The van der Waals surface area contributed by atoms with Crippen LogP contribution in [0.15, 0.2) is 45.3 Å². The summed E-state index contributed by atoms with van der Waals surface area (Å²) in [5.74, 6) is 1.82. The Labute approximate surface area is 165 Å². The number of benzene rings is 1. The van der Waals surface area contributed by atoms with Crippen molar-refractivity contribution >= 4 is 34.1 Å². The van der Waals surface area contributed by atoms with Gasteiger partial charge in [0.05, 0.1) is 11.3 Å². The Morgan fingerprint density at radius 1 is 1.26 bits per heavy atom. The molecule has 0 saturated carbocycles. The summed E-state index contributed by atoms with van der Waals surface area (Å²) >= 11 is 3.19. The maximum absolute atomic E-state index is 13.1. The summed E-state index contributed by atoms with van der Waals surface area (Å²) < 4.78 is 5.01. The van der Waals surface area contributed by atoms with Gasteiger partial charge in [-0.2, -0.15) is 4.98 Å². The Hall–Kier alpha value is -2.39. The van der Waals surface area contributed by atoms with Crippen molar-refractivity contribution in [3.05, 3.63) is 53.1 Å². The Morgan fingerprint density at radius 2 is 2.07 bits per heavy atom. The van der Waals surface area contributed by atoms with E-state index < -0.39 is 0 Å². The molecule has 3 aromatic rings. The van der Waals surface area contributed by atoms with Crippen LogP contribution in [0.2, 0.25) is 0 Å². The SMILES string of the molecule is Cc1nc(CSc2ccccc2C(=O)N2CCN(c3nccs3)CC2)no1. The zero-order chi connectivity index (χ0) is 18.6. The highest BCUT2D eigenvalue weighted by atomic mass is 32.2. The molecule has 4 rings (SSSR count). The summed E-state index contributed by atoms with van der Waals surface area (Å²) in [6.45, 7) is 4.76. The maximum Gasteiger partial charge on any atom is 0.255 e. The highest BCUT2D eigenvalue weighted by molar-refractivity contribution is 7.98. The molecule has 0 spiro atoms. The lowest BCUT2D eigenvalue weighted by molar-refractivity contribution is 0.0743. The fourth-order valence-corrected chi connectivity index (χ4v) is 4.54.